The van der Waals surface area contributed by atoms with Crippen LogP contribution in [0.1, 0.15) is 23.1 Å². The van der Waals surface area contributed by atoms with Crippen LogP contribution in [-0.4, -0.2) is 23.3 Å². The summed E-state index contributed by atoms with van der Waals surface area (Å²) in [6.07, 6.45) is -0.265. The molecule has 0 fully saturated rings. The van der Waals surface area contributed by atoms with E-state index in [-0.39, 0.29) is 18.8 Å². The summed E-state index contributed by atoms with van der Waals surface area (Å²) < 4.78 is 4.79. The number of rotatable bonds is 5. The third-order valence-electron chi connectivity index (χ3n) is 3.40. The second-order valence-corrected chi connectivity index (χ2v) is 5.86. The topological polar surface area (TPSA) is 56.3 Å². The van der Waals surface area contributed by atoms with Crippen LogP contribution in [0.15, 0.2) is 47.8 Å². The van der Waals surface area contributed by atoms with E-state index in [0.29, 0.717) is 5.01 Å². The first-order valence-electron chi connectivity index (χ1n) is 7.31. The predicted molar refractivity (Wildman–Crippen MR) is 90.6 cm³/mol. The molecular formula is C18H15NO3S. The van der Waals surface area contributed by atoms with Crippen molar-refractivity contribution in [3.63, 3.8) is 0 Å². The number of benzene rings is 2. The number of hydrogen-bond acceptors (Lipinski definition) is 5. The van der Waals surface area contributed by atoms with Crippen molar-refractivity contribution in [2.24, 2.45) is 0 Å². The number of nitrogens with zero attached hydrogens (tertiary/aromatic N) is 1. The molecule has 3 aromatic rings. The Bertz CT molecular complexity index is 869. The molecule has 0 aliphatic rings. The highest BCUT2D eigenvalue weighted by Crippen LogP contribution is 2.26. The van der Waals surface area contributed by atoms with Gasteiger partial charge in [-0.1, -0.05) is 36.4 Å². The SMILES string of the molecule is CCOC(=O)CC(=O)c1nc(-c2ccc3ccccc3c2)cs1. The quantitative estimate of drug-likeness (QED) is 0.402. The molecule has 5 heteroatoms. The second-order valence-electron chi connectivity index (χ2n) is 5.00. The van der Waals surface area contributed by atoms with E-state index in [2.05, 4.69) is 11.1 Å². The average Bonchev–Trinajstić information content (AvgIpc) is 3.04. The Hall–Kier alpha value is -2.53. The summed E-state index contributed by atoms with van der Waals surface area (Å²) in [6.45, 7) is 1.98. The van der Waals surface area contributed by atoms with Crippen molar-refractivity contribution in [1.29, 1.82) is 0 Å². The highest BCUT2D eigenvalue weighted by Gasteiger charge is 2.16. The van der Waals surface area contributed by atoms with Crippen molar-refractivity contribution in [3.05, 3.63) is 52.9 Å². The van der Waals surface area contributed by atoms with Crippen LogP contribution < -0.4 is 0 Å². The first-order valence-corrected chi connectivity index (χ1v) is 8.19. The van der Waals surface area contributed by atoms with Gasteiger partial charge in [-0.3, -0.25) is 9.59 Å². The molecule has 0 radical (unpaired) electrons. The number of ether oxygens (including phenoxy) is 1. The maximum absolute atomic E-state index is 12.0. The lowest BCUT2D eigenvalue weighted by molar-refractivity contribution is -0.141. The average molecular weight is 325 g/mol. The van der Waals surface area contributed by atoms with E-state index in [1.54, 1.807) is 6.92 Å². The molecule has 0 saturated carbocycles. The highest BCUT2D eigenvalue weighted by molar-refractivity contribution is 7.12. The number of fused-ring (bicyclic) bond motifs is 1. The number of carbonyl (C=O) groups excluding carboxylic acids is 2. The Morgan fingerprint density at radius 3 is 2.70 bits per heavy atom. The Morgan fingerprint density at radius 1 is 1.13 bits per heavy atom. The minimum atomic E-state index is -0.514. The Kier molecular flexibility index (Phi) is 4.48. The minimum absolute atomic E-state index is 0.265. The van der Waals surface area contributed by atoms with Gasteiger partial charge in [0.1, 0.15) is 6.42 Å². The van der Waals surface area contributed by atoms with Gasteiger partial charge in [0.25, 0.3) is 0 Å². The molecule has 0 amide bonds. The summed E-state index contributed by atoms with van der Waals surface area (Å²) in [5.74, 6) is -0.819. The van der Waals surface area contributed by atoms with Crippen molar-refractivity contribution < 1.29 is 14.3 Å². The molecule has 0 bridgehead atoms. The van der Waals surface area contributed by atoms with Gasteiger partial charge >= 0.3 is 5.97 Å². The van der Waals surface area contributed by atoms with Crippen molar-refractivity contribution in [3.8, 4) is 11.3 Å². The van der Waals surface area contributed by atoms with Gasteiger partial charge in [-0.15, -0.1) is 11.3 Å². The third kappa shape index (κ3) is 3.46. The van der Waals surface area contributed by atoms with Crippen LogP contribution in [-0.2, 0) is 9.53 Å². The van der Waals surface area contributed by atoms with Crippen LogP contribution in [0.4, 0.5) is 0 Å². The first-order chi connectivity index (χ1) is 11.2. The highest BCUT2D eigenvalue weighted by atomic mass is 32.1. The van der Waals surface area contributed by atoms with Gasteiger partial charge in [0.05, 0.1) is 12.3 Å². The molecule has 0 aliphatic heterocycles. The summed E-state index contributed by atoms with van der Waals surface area (Å²) in [7, 11) is 0. The van der Waals surface area contributed by atoms with Crippen molar-refractivity contribution >= 4 is 33.9 Å². The fraction of sp³-hybridized carbons (Fsp3) is 0.167. The number of Topliss-reactive ketones (excluding diaryl/α,β-unsaturated/α-hetero) is 1. The van der Waals surface area contributed by atoms with E-state index in [4.69, 9.17) is 4.74 Å². The van der Waals surface area contributed by atoms with E-state index >= 15 is 0 Å². The summed E-state index contributed by atoms with van der Waals surface area (Å²) in [6, 6.07) is 14.1. The molecule has 23 heavy (non-hydrogen) atoms. The van der Waals surface area contributed by atoms with E-state index in [1.165, 1.54) is 11.3 Å². The number of hydrogen-bond donors (Lipinski definition) is 0. The Labute approximate surface area is 137 Å². The normalized spacial score (nSPS) is 10.7. The van der Waals surface area contributed by atoms with Gasteiger partial charge in [0.2, 0.25) is 5.78 Å². The molecule has 2 aromatic carbocycles. The standard InChI is InChI=1S/C18H15NO3S/c1-2-22-17(21)10-16(20)18-19-15(11-23-18)14-8-7-12-5-3-4-6-13(12)9-14/h3-9,11H,2,10H2,1H3. The van der Waals surface area contributed by atoms with Crippen LogP contribution in [0.25, 0.3) is 22.0 Å². The number of aromatic nitrogens is 1. The number of ketones is 1. The summed E-state index contributed by atoms with van der Waals surface area (Å²) in [4.78, 5) is 27.8. The fourth-order valence-corrected chi connectivity index (χ4v) is 3.07. The van der Waals surface area contributed by atoms with Crippen LogP contribution in [0.3, 0.4) is 0 Å². The molecular weight excluding hydrogens is 310 g/mol. The maximum atomic E-state index is 12.0. The van der Waals surface area contributed by atoms with E-state index in [9.17, 15) is 9.59 Å². The summed E-state index contributed by atoms with van der Waals surface area (Å²) in [5.41, 5.74) is 1.70. The Morgan fingerprint density at radius 2 is 1.91 bits per heavy atom. The van der Waals surface area contributed by atoms with Crippen molar-refractivity contribution in [1.82, 2.24) is 4.98 Å². The fourth-order valence-electron chi connectivity index (χ4n) is 2.30. The number of thiazole rings is 1. The molecule has 4 nitrogen and oxygen atoms in total. The van der Waals surface area contributed by atoms with Gasteiger partial charge in [-0.05, 0) is 23.8 Å². The van der Waals surface area contributed by atoms with E-state index in [0.717, 1.165) is 22.0 Å². The zero-order chi connectivity index (χ0) is 16.2. The van der Waals surface area contributed by atoms with Gasteiger partial charge in [-0.2, -0.15) is 0 Å². The van der Waals surface area contributed by atoms with Gasteiger partial charge in [0, 0.05) is 10.9 Å². The minimum Gasteiger partial charge on any atom is -0.466 e. The molecule has 1 heterocycles. The zero-order valence-corrected chi connectivity index (χ0v) is 13.4. The molecule has 3 rings (SSSR count). The molecule has 0 N–H and O–H groups in total. The van der Waals surface area contributed by atoms with Gasteiger partial charge in [0.15, 0.2) is 5.01 Å². The summed E-state index contributed by atoms with van der Waals surface area (Å²) >= 11 is 1.25. The zero-order valence-electron chi connectivity index (χ0n) is 12.6. The van der Waals surface area contributed by atoms with Crippen LogP contribution in [0.5, 0.6) is 0 Å². The lowest BCUT2D eigenvalue weighted by atomic mass is 10.1. The van der Waals surface area contributed by atoms with E-state index < -0.39 is 5.97 Å². The van der Waals surface area contributed by atoms with Gasteiger partial charge < -0.3 is 4.74 Å². The molecule has 0 spiro atoms. The van der Waals surface area contributed by atoms with Crippen LogP contribution >= 0.6 is 11.3 Å². The van der Waals surface area contributed by atoms with Crippen molar-refractivity contribution in [2.75, 3.05) is 6.61 Å². The number of esters is 1. The lowest BCUT2D eigenvalue weighted by Crippen LogP contribution is -2.11. The monoisotopic (exact) mass is 325 g/mol. The Balaban J connectivity index is 1.82. The van der Waals surface area contributed by atoms with Crippen LogP contribution in [0.2, 0.25) is 0 Å². The molecule has 116 valence electrons. The predicted octanol–water partition coefficient (Wildman–Crippen LogP) is 4.10. The third-order valence-corrected chi connectivity index (χ3v) is 4.28. The maximum Gasteiger partial charge on any atom is 0.313 e. The van der Waals surface area contributed by atoms with E-state index in [1.807, 2.05) is 41.8 Å². The molecule has 0 atom stereocenters. The molecule has 0 saturated heterocycles. The molecule has 0 aliphatic carbocycles. The molecule has 1 aromatic heterocycles. The number of carbonyl (C=O) groups is 2. The lowest BCUT2D eigenvalue weighted by Gasteiger charge is -2.01. The summed E-state index contributed by atoms with van der Waals surface area (Å²) in [5, 5.41) is 4.45. The largest absolute Gasteiger partial charge is 0.466 e. The van der Waals surface area contributed by atoms with Crippen LogP contribution in [0, 0.1) is 0 Å². The smallest absolute Gasteiger partial charge is 0.313 e. The van der Waals surface area contributed by atoms with Gasteiger partial charge in [-0.25, -0.2) is 4.98 Å². The first kappa shape index (κ1) is 15.4. The van der Waals surface area contributed by atoms with Crippen molar-refractivity contribution in [2.45, 2.75) is 13.3 Å². The molecule has 0 unspecified atom stereocenters. The second kappa shape index (κ2) is 6.71.